The van der Waals surface area contributed by atoms with Crippen molar-refractivity contribution in [3.8, 4) is 0 Å². The fourth-order valence-electron chi connectivity index (χ4n) is 1.90. The lowest BCUT2D eigenvalue weighted by Gasteiger charge is -2.12. The number of anilines is 1. The van der Waals surface area contributed by atoms with Crippen molar-refractivity contribution in [2.45, 2.75) is 12.5 Å². The molecule has 0 amide bonds. The van der Waals surface area contributed by atoms with E-state index in [0.717, 1.165) is 25.6 Å². The van der Waals surface area contributed by atoms with Crippen LogP contribution in [-0.4, -0.2) is 29.0 Å². The molecule has 1 heterocycles. The molecule has 1 saturated heterocycles. The van der Waals surface area contributed by atoms with E-state index >= 15 is 0 Å². The molecule has 0 aliphatic carbocycles. The molecule has 1 aliphatic heterocycles. The Hall–Kier alpha value is -2.22. The summed E-state index contributed by atoms with van der Waals surface area (Å²) in [6.07, 6.45) is 0.869. The average molecular weight is 252 g/mol. The smallest absolute Gasteiger partial charge is 0.299 e. The number of nitro benzene ring substituents is 2. The van der Waals surface area contributed by atoms with Gasteiger partial charge in [0.1, 0.15) is 5.69 Å². The zero-order chi connectivity index (χ0) is 13.1. The number of hydrogen-bond acceptors (Lipinski definition) is 6. The molecule has 1 aliphatic rings. The highest BCUT2D eigenvalue weighted by Gasteiger charge is 2.22. The Morgan fingerprint density at radius 3 is 2.61 bits per heavy atom. The first-order valence-corrected chi connectivity index (χ1v) is 5.48. The van der Waals surface area contributed by atoms with Crippen LogP contribution in [0.3, 0.4) is 0 Å². The molecule has 0 bridgehead atoms. The fourth-order valence-corrected chi connectivity index (χ4v) is 1.90. The molecule has 1 aromatic rings. The quantitative estimate of drug-likeness (QED) is 0.616. The maximum absolute atomic E-state index is 10.9. The van der Waals surface area contributed by atoms with Crippen LogP contribution in [0.2, 0.25) is 0 Å². The molecule has 8 nitrogen and oxygen atoms in total. The average Bonchev–Trinajstić information content (AvgIpc) is 2.81. The first-order chi connectivity index (χ1) is 8.58. The van der Waals surface area contributed by atoms with E-state index < -0.39 is 9.85 Å². The highest BCUT2D eigenvalue weighted by atomic mass is 16.6. The Labute approximate surface area is 102 Å². The van der Waals surface area contributed by atoms with E-state index in [4.69, 9.17) is 0 Å². The number of nitrogens with one attached hydrogen (secondary N) is 2. The lowest BCUT2D eigenvalue weighted by Crippen LogP contribution is -2.22. The Bertz CT molecular complexity index is 485. The van der Waals surface area contributed by atoms with Crippen LogP contribution in [-0.2, 0) is 0 Å². The van der Waals surface area contributed by atoms with Crippen LogP contribution in [0.25, 0.3) is 0 Å². The highest BCUT2D eigenvalue weighted by molar-refractivity contribution is 5.65. The largest absolute Gasteiger partial charge is 0.375 e. The molecule has 0 radical (unpaired) electrons. The van der Waals surface area contributed by atoms with Gasteiger partial charge in [-0.15, -0.1) is 0 Å². The molecule has 0 spiro atoms. The van der Waals surface area contributed by atoms with Crippen LogP contribution in [0, 0.1) is 20.2 Å². The Morgan fingerprint density at radius 1 is 1.28 bits per heavy atom. The summed E-state index contributed by atoms with van der Waals surface area (Å²) in [4.78, 5) is 20.2. The summed E-state index contributed by atoms with van der Waals surface area (Å²) in [6.45, 7) is 1.59. The first kappa shape index (κ1) is 12.2. The molecule has 96 valence electrons. The number of benzene rings is 1. The van der Waals surface area contributed by atoms with Crippen LogP contribution in [0.5, 0.6) is 0 Å². The molecule has 18 heavy (non-hydrogen) atoms. The second-order valence-electron chi connectivity index (χ2n) is 4.05. The van der Waals surface area contributed by atoms with Gasteiger partial charge in [0.15, 0.2) is 0 Å². The first-order valence-electron chi connectivity index (χ1n) is 5.48. The maximum atomic E-state index is 10.9. The third kappa shape index (κ3) is 2.54. The van der Waals surface area contributed by atoms with Crippen molar-refractivity contribution in [2.75, 3.05) is 18.4 Å². The zero-order valence-corrected chi connectivity index (χ0v) is 9.46. The molecule has 2 rings (SSSR count). The van der Waals surface area contributed by atoms with Gasteiger partial charge >= 0.3 is 0 Å². The summed E-state index contributed by atoms with van der Waals surface area (Å²) in [5, 5.41) is 27.6. The van der Waals surface area contributed by atoms with Crippen molar-refractivity contribution in [1.29, 1.82) is 0 Å². The van der Waals surface area contributed by atoms with E-state index in [2.05, 4.69) is 10.6 Å². The van der Waals surface area contributed by atoms with Crippen molar-refractivity contribution >= 4 is 17.1 Å². The van der Waals surface area contributed by atoms with Crippen LogP contribution in [0.4, 0.5) is 17.1 Å². The van der Waals surface area contributed by atoms with E-state index in [1.165, 1.54) is 12.1 Å². The van der Waals surface area contributed by atoms with Crippen molar-refractivity contribution in [3.05, 3.63) is 38.4 Å². The fraction of sp³-hybridized carbons (Fsp3) is 0.400. The van der Waals surface area contributed by atoms with Crippen molar-refractivity contribution in [3.63, 3.8) is 0 Å². The SMILES string of the molecule is O=[N+]([O-])c1ccc(NC2CCNC2)c([N+](=O)[O-])c1. The summed E-state index contributed by atoms with van der Waals surface area (Å²) in [5.74, 6) is 0. The second kappa shape index (κ2) is 4.96. The summed E-state index contributed by atoms with van der Waals surface area (Å²) < 4.78 is 0. The van der Waals surface area contributed by atoms with Gasteiger partial charge in [-0.1, -0.05) is 0 Å². The normalized spacial score (nSPS) is 18.6. The van der Waals surface area contributed by atoms with E-state index in [1.807, 2.05) is 0 Å². The van der Waals surface area contributed by atoms with E-state index in [9.17, 15) is 20.2 Å². The minimum atomic E-state index is -0.645. The summed E-state index contributed by atoms with van der Waals surface area (Å²) >= 11 is 0. The molecule has 1 aromatic carbocycles. The summed E-state index contributed by atoms with van der Waals surface area (Å²) in [7, 11) is 0. The third-order valence-corrected chi connectivity index (χ3v) is 2.81. The number of hydrogen-bond donors (Lipinski definition) is 2. The predicted octanol–water partition coefficient (Wildman–Crippen LogP) is 1.28. The van der Waals surface area contributed by atoms with Crippen molar-refractivity contribution < 1.29 is 9.85 Å². The van der Waals surface area contributed by atoms with Gasteiger partial charge in [0, 0.05) is 18.7 Å². The van der Waals surface area contributed by atoms with Crippen molar-refractivity contribution in [2.24, 2.45) is 0 Å². The number of nitrogens with zero attached hydrogens (tertiary/aromatic N) is 2. The van der Waals surface area contributed by atoms with E-state index in [-0.39, 0.29) is 17.4 Å². The van der Waals surface area contributed by atoms with Crippen LogP contribution >= 0.6 is 0 Å². The molecule has 1 unspecified atom stereocenters. The lowest BCUT2D eigenvalue weighted by molar-refractivity contribution is -0.393. The third-order valence-electron chi connectivity index (χ3n) is 2.81. The Morgan fingerprint density at radius 2 is 2.06 bits per heavy atom. The van der Waals surface area contributed by atoms with Gasteiger partial charge in [-0.25, -0.2) is 0 Å². The predicted molar refractivity (Wildman–Crippen MR) is 64.6 cm³/mol. The molecule has 0 aromatic heterocycles. The van der Waals surface area contributed by atoms with Gasteiger partial charge in [0.25, 0.3) is 11.4 Å². The van der Waals surface area contributed by atoms with Crippen LogP contribution in [0.15, 0.2) is 18.2 Å². The van der Waals surface area contributed by atoms with E-state index in [0.29, 0.717) is 5.69 Å². The van der Waals surface area contributed by atoms with Crippen LogP contribution in [0.1, 0.15) is 6.42 Å². The Kier molecular flexibility index (Phi) is 3.38. The summed E-state index contributed by atoms with van der Waals surface area (Å²) in [6, 6.07) is 3.74. The molecular formula is C10H12N4O4. The van der Waals surface area contributed by atoms with E-state index in [1.54, 1.807) is 0 Å². The van der Waals surface area contributed by atoms with Gasteiger partial charge in [0.2, 0.25) is 0 Å². The molecular weight excluding hydrogens is 240 g/mol. The van der Waals surface area contributed by atoms with Gasteiger partial charge < -0.3 is 10.6 Å². The topological polar surface area (TPSA) is 110 Å². The van der Waals surface area contributed by atoms with Gasteiger partial charge in [-0.05, 0) is 19.0 Å². The highest BCUT2D eigenvalue weighted by Crippen LogP contribution is 2.29. The van der Waals surface area contributed by atoms with Crippen molar-refractivity contribution in [1.82, 2.24) is 5.32 Å². The standard InChI is InChI=1S/C10H12N4O4/c15-13(16)8-1-2-9(10(5-8)14(17)18)12-7-3-4-11-6-7/h1-2,5,7,11-12H,3-4,6H2. The number of non-ortho nitro benzene ring substituents is 1. The summed E-state index contributed by atoms with van der Waals surface area (Å²) in [5.41, 5.74) is -0.229. The second-order valence-corrected chi connectivity index (χ2v) is 4.05. The zero-order valence-electron chi connectivity index (χ0n) is 9.46. The van der Waals surface area contributed by atoms with Gasteiger partial charge in [-0.2, -0.15) is 0 Å². The molecule has 1 fully saturated rings. The number of rotatable bonds is 4. The van der Waals surface area contributed by atoms with Gasteiger partial charge in [0.05, 0.1) is 15.9 Å². The molecule has 8 heteroatoms. The Balaban J connectivity index is 2.28. The lowest BCUT2D eigenvalue weighted by atomic mass is 10.2. The molecule has 0 saturated carbocycles. The molecule has 1 atom stereocenters. The van der Waals surface area contributed by atoms with Crippen LogP contribution < -0.4 is 10.6 Å². The minimum absolute atomic E-state index is 0.116. The number of nitro groups is 2. The maximum Gasteiger partial charge on any atom is 0.299 e. The molecule has 2 N–H and O–H groups in total. The monoisotopic (exact) mass is 252 g/mol. The minimum Gasteiger partial charge on any atom is -0.375 e. The van der Waals surface area contributed by atoms with Gasteiger partial charge in [-0.3, -0.25) is 20.2 Å².